The SMILES string of the molecule is Nc1cccc(CC(=O)COCCCC(=O)CCCCC2CCSS2)c1. The zero-order valence-electron chi connectivity index (χ0n) is 15.3. The minimum atomic E-state index is 0.0323. The fourth-order valence-corrected chi connectivity index (χ4v) is 5.95. The molecule has 2 rings (SSSR count). The Bertz CT molecular complexity index is 574. The van der Waals surface area contributed by atoms with Crippen LogP contribution in [0.3, 0.4) is 0 Å². The van der Waals surface area contributed by atoms with Crippen LogP contribution in [0.2, 0.25) is 0 Å². The molecule has 1 fully saturated rings. The zero-order valence-corrected chi connectivity index (χ0v) is 16.9. The smallest absolute Gasteiger partial charge is 0.162 e. The molecular weight excluding hydrogens is 366 g/mol. The van der Waals surface area contributed by atoms with Crippen LogP contribution in [0.1, 0.15) is 50.5 Å². The van der Waals surface area contributed by atoms with Gasteiger partial charge < -0.3 is 10.5 Å². The lowest BCUT2D eigenvalue weighted by atomic mass is 10.1. The fourth-order valence-electron chi connectivity index (χ4n) is 2.92. The number of carbonyl (C=O) groups is 2. The number of benzene rings is 1. The molecule has 0 bridgehead atoms. The molecule has 0 saturated carbocycles. The van der Waals surface area contributed by atoms with E-state index in [-0.39, 0.29) is 12.4 Å². The second-order valence-corrected chi connectivity index (χ2v) is 9.52. The minimum absolute atomic E-state index is 0.0323. The van der Waals surface area contributed by atoms with Gasteiger partial charge in [0.2, 0.25) is 0 Å². The van der Waals surface area contributed by atoms with E-state index in [1.807, 2.05) is 33.7 Å². The van der Waals surface area contributed by atoms with E-state index >= 15 is 0 Å². The number of anilines is 1. The third kappa shape index (κ3) is 9.10. The van der Waals surface area contributed by atoms with Crippen molar-refractivity contribution >= 4 is 38.8 Å². The van der Waals surface area contributed by atoms with Crippen LogP contribution in [0.4, 0.5) is 5.69 Å². The highest BCUT2D eigenvalue weighted by molar-refractivity contribution is 8.77. The van der Waals surface area contributed by atoms with Crippen LogP contribution in [0.15, 0.2) is 24.3 Å². The molecule has 1 aliphatic rings. The van der Waals surface area contributed by atoms with Gasteiger partial charge >= 0.3 is 0 Å². The summed E-state index contributed by atoms with van der Waals surface area (Å²) >= 11 is 0. The van der Waals surface area contributed by atoms with E-state index in [4.69, 9.17) is 10.5 Å². The number of unbranched alkanes of at least 4 members (excludes halogenated alkanes) is 1. The highest BCUT2D eigenvalue weighted by Gasteiger charge is 2.15. The van der Waals surface area contributed by atoms with Gasteiger partial charge in [-0.05, 0) is 43.4 Å². The number of carbonyl (C=O) groups excluding carboxylic acids is 2. The Morgan fingerprint density at radius 1 is 1.15 bits per heavy atom. The predicted molar refractivity (Wildman–Crippen MR) is 112 cm³/mol. The average Bonchev–Trinajstić information content (AvgIpc) is 3.12. The van der Waals surface area contributed by atoms with Crippen molar-refractivity contribution < 1.29 is 14.3 Å². The van der Waals surface area contributed by atoms with Crippen LogP contribution in [-0.4, -0.2) is 35.8 Å². The Morgan fingerprint density at radius 2 is 2.00 bits per heavy atom. The van der Waals surface area contributed by atoms with Gasteiger partial charge in [0.1, 0.15) is 12.4 Å². The van der Waals surface area contributed by atoms with E-state index in [0.717, 1.165) is 23.7 Å². The Labute approximate surface area is 164 Å². The normalized spacial score (nSPS) is 16.7. The van der Waals surface area contributed by atoms with E-state index in [1.165, 1.54) is 18.6 Å². The largest absolute Gasteiger partial charge is 0.399 e. The summed E-state index contributed by atoms with van der Waals surface area (Å²) in [6.07, 6.45) is 6.97. The van der Waals surface area contributed by atoms with Gasteiger partial charge in [0.15, 0.2) is 5.78 Å². The molecule has 1 saturated heterocycles. The quantitative estimate of drug-likeness (QED) is 0.302. The predicted octanol–water partition coefficient (Wildman–Crippen LogP) is 4.46. The first-order chi connectivity index (χ1) is 12.6. The van der Waals surface area contributed by atoms with E-state index in [2.05, 4.69) is 0 Å². The summed E-state index contributed by atoms with van der Waals surface area (Å²) in [5.74, 6) is 1.62. The van der Waals surface area contributed by atoms with Gasteiger partial charge in [-0.15, -0.1) is 0 Å². The van der Waals surface area contributed by atoms with Gasteiger partial charge in [-0.3, -0.25) is 9.59 Å². The minimum Gasteiger partial charge on any atom is -0.399 e. The van der Waals surface area contributed by atoms with Gasteiger partial charge in [0, 0.05) is 42.6 Å². The maximum Gasteiger partial charge on any atom is 0.162 e. The number of hydrogen-bond donors (Lipinski definition) is 1. The Balaban J connectivity index is 1.44. The molecule has 4 nitrogen and oxygen atoms in total. The average molecular weight is 396 g/mol. The number of rotatable bonds is 13. The summed E-state index contributed by atoms with van der Waals surface area (Å²) in [6.45, 7) is 0.560. The summed E-state index contributed by atoms with van der Waals surface area (Å²) in [5.41, 5.74) is 7.27. The summed E-state index contributed by atoms with van der Waals surface area (Å²) in [5, 5.41) is 0.799. The monoisotopic (exact) mass is 395 g/mol. The van der Waals surface area contributed by atoms with Crippen molar-refractivity contribution in [1.29, 1.82) is 0 Å². The third-order valence-corrected chi connectivity index (χ3v) is 7.33. The molecule has 26 heavy (non-hydrogen) atoms. The van der Waals surface area contributed by atoms with Crippen LogP contribution in [0, 0.1) is 0 Å². The molecular formula is C20H29NO3S2. The summed E-state index contributed by atoms with van der Waals surface area (Å²) in [7, 11) is 3.98. The topological polar surface area (TPSA) is 69.4 Å². The first-order valence-corrected chi connectivity index (χ1v) is 11.8. The van der Waals surface area contributed by atoms with E-state index in [1.54, 1.807) is 12.1 Å². The number of nitrogen functional groups attached to an aromatic ring is 1. The lowest BCUT2D eigenvalue weighted by Gasteiger charge is -2.07. The number of Topliss-reactive ketones (excluding diaryl/α,β-unsaturated/α-hetero) is 2. The molecule has 1 aromatic carbocycles. The maximum absolute atomic E-state index is 11.9. The number of nitrogens with two attached hydrogens (primary N) is 1. The molecule has 0 amide bonds. The molecule has 1 aliphatic heterocycles. The molecule has 0 aliphatic carbocycles. The summed E-state index contributed by atoms with van der Waals surface area (Å²) in [4.78, 5) is 23.7. The van der Waals surface area contributed by atoms with Crippen molar-refractivity contribution in [1.82, 2.24) is 0 Å². The molecule has 144 valence electrons. The highest BCUT2D eigenvalue weighted by atomic mass is 33.1. The summed E-state index contributed by atoms with van der Waals surface area (Å²) < 4.78 is 5.40. The van der Waals surface area contributed by atoms with Crippen molar-refractivity contribution in [2.24, 2.45) is 0 Å². The molecule has 0 radical (unpaired) electrons. The fraction of sp³-hybridized carbons (Fsp3) is 0.600. The highest BCUT2D eigenvalue weighted by Crippen LogP contribution is 2.39. The van der Waals surface area contributed by atoms with Gasteiger partial charge in [0.25, 0.3) is 0 Å². The Hall–Kier alpha value is -0.980. The molecule has 1 heterocycles. The second-order valence-electron chi connectivity index (χ2n) is 6.73. The van der Waals surface area contributed by atoms with Crippen molar-refractivity contribution in [3.63, 3.8) is 0 Å². The first kappa shape index (κ1) is 21.3. The Morgan fingerprint density at radius 3 is 2.77 bits per heavy atom. The zero-order chi connectivity index (χ0) is 18.6. The molecule has 6 heteroatoms. The van der Waals surface area contributed by atoms with Gasteiger partial charge in [0.05, 0.1) is 0 Å². The van der Waals surface area contributed by atoms with Gasteiger partial charge in [-0.1, -0.05) is 40.1 Å². The number of hydrogen-bond acceptors (Lipinski definition) is 6. The second kappa shape index (κ2) is 12.4. The molecule has 1 aromatic rings. The molecule has 2 N–H and O–H groups in total. The van der Waals surface area contributed by atoms with Crippen LogP contribution in [0.5, 0.6) is 0 Å². The molecule has 1 unspecified atom stereocenters. The lowest BCUT2D eigenvalue weighted by Crippen LogP contribution is -2.13. The van der Waals surface area contributed by atoms with Crippen molar-refractivity contribution in [2.75, 3.05) is 24.7 Å². The van der Waals surface area contributed by atoms with Crippen LogP contribution < -0.4 is 5.73 Å². The van der Waals surface area contributed by atoms with Gasteiger partial charge in [-0.25, -0.2) is 0 Å². The standard InChI is InChI=1S/C20H29NO3S2/c21-17-6-3-5-16(13-17)14-19(23)15-24-11-4-8-18(22)7-1-2-9-20-10-12-25-26-20/h3,5-6,13,20H,1-2,4,7-12,14-15,21H2. The van der Waals surface area contributed by atoms with Crippen LogP contribution >= 0.6 is 21.6 Å². The van der Waals surface area contributed by atoms with E-state index < -0.39 is 0 Å². The van der Waals surface area contributed by atoms with E-state index in [9.17, 15) is 9.59 Å². The van der Waals surface area contributed by atoms with E-state index in [0.29, 0.717) is 43.8 Å². The van der Waals surface area contributed by atoms with Crippen molar-refractivity contribution in [2.45, 2.75) is 56.6 Å². The maximum atomic E-state index is 11.9. The van der Waals surface area contributed by atoms with Crippen molar-refractivity contribution in [3.8, 4) is 0 Å². The van der Waals surface area contributed by atoms with Crippen molar-refractivity contribution in [3.05, 3.63) is 29.8 Å². The van der Waals surface area contributed by atoms with Crippen LogP contribution in [-0.2, 0) is 20.7 Å². The number of ether oxygens (including phenoxy) is 1. The third-order valence-electron chi connectivity index (χ3n) is 4.32. The summed E-state index contributed by atoms with van der Waals surface area (Å²) in [6, 6.07) is 7.34. The first-order valence-electron chi connectivity index (χ1n) is 9.37. The Kier molecular flexibility index (Phi) is 10.2. The lowest BCUT2D eigenvalue weighted by molar-refractivity contribution is -0.123. The molecule has 0 aromatic heterocycles. The van der Waals surface area contributed by atoms with Gasteiger partial charge in [-0.2, -0.15) is 0 Å². The number of ketones is 2. The molecule has 1 atom stereocenters. The molecule has 0 spiro atoms. The van der Waals surface area contributed by atoms with Crippen LogP contribution in [0.25, 0.3) is 0 Å².